The third-order valence-corrected chi connectivity index (χ3v) is 5.99. The molecule has 1 aromatic heterocycles. The van der Waals surface area contributed by atoms with Crippen molar-refractivity contribution in [2.45, 2.75) is 13.5 Å². The van der Waals surface area contributed by atoms with Gasteiger partial charge in [-0.3, -0.25) is 19.9 Å². The second-order valence-corrected chi connectivity index (χ2v) is 7.99. The van der Waals surface area contributed by atoms with Crippen molar-refractivity contribution in [1.82, 2.24) is 15.0 Å². The summed E-state index contributed by atoms with van der Waals surface area (Å²) in [5.74, 6) is 0.717. The predicted octanol–water partition coefficient (Wildman–Crippen LogP) is 3.89. The number of nitrogens with zero attached hydrogens (tertiary/aromatic N) is 5. The molecule has 1 aliphatic rings. The number of anilines is 1. The first-order valence-corrected chi connectivity index (χ1v) is 11.1. The van der Waals surface area contributed by atoms with Crippen molar-refractivity contribution in [2.24, 2.45) is 0 Å². The Balaban J connectivity index is 1.29. The van der Waals surface area contributed by atoms with Crippen LogP contribution in [0.2, 0.25) is 0 Å². The number of benzene rings is 2. The summed E-state index contributed by atoms with van der Waals surface area (Å²) in [5, 5.41) is 15.4. The molecule has 0 saturated carbocycles. The minimum Gasteiger partial charge on any atom is -0.369 e. The quantitative estimate of drug-likeness (QED) is 0.373. The summed E-state index contributed by atoms with van der Waals surface area (Å²) in [6.07, 6.45) is 0. The molecule has 1 aliphatic heterocycles. The summed E-state index contributed by atoms with van der Waals surface area (Å²) in [5.41, 5.74) is 2.31. The van der Waals surface area contributed by atoms with Gasteiger partial charge in [0.2, 0.25) is 0 Å². The number of nitro benzene ring substituents is 1. The predicted molar refractivity (Wildman–Crippen MR) is 125 cm³/mol. The number of rotatable bonds is 9. The smallest absolute Gasteiger partial charge is 0.278 e. The van der Waals surface area contributed by atoms with Crippen LogP contribution in [0.25, 0.3) is 11.3 Å². The molecule has 32 heavy (non-hydrogen) atoms. The fourth-order valence-corrected chi connectivity index (χ4v) is 4.08. The number of para-hydroxylation sites is 2. The Bertz CT molecular complexity index is 1020. The molecule has 0 bridgehead atoms. The maximum absolute atomic E-state index is 11.3. The number of piperazine rings is 1. The molecule has 4 rings (SSSR count). The highest BCUT2D eigenvalue weighted by atomic mass is 16.6. The van der Waals surface area contributed by atoms with Gasteiger partial charge in [-0.2, -0.15) is 0 Å². The van der Waals surface area contributed by atoms with Gasteiger partial charge in [-0.15, -0.1) is 0 Å². The lowest BCUT2D eigenvalue weighted by atomic mass is 10.1. The van der Waals surface area contributed by atoms with Crippen LogP contribution in [-0.4, -0.2) is 65.7 Å². The molecule has 0 spiro atoms. The summed E-state index contributed by atoms with van der Waals surface area (Å²) in [6, 6.07) is 19.0. The van der Waals surface area contributed by atoms with Crippen LogP contribution in [0, 0.1) is 10.1 Å². The normalized spacial score (nSPS) is 14.8. The molecule has 0 unspecified atom stereocenters. The summed E-state index contributed by atoms with van der Waals surface area (Å²) >= 11 is 0. The molecule has 0 aliphatic carbocycles. The van der Waals surface area contributed by atoms with Crippen molar-refractivity contribution in [3.63, 3.8) is 0 Å². The molecular weight excluding hydrogens is 406 g/mol. The molecule has 0 amide bonds. The second-order valence-electron chi connectivity index (χ2n) is 7.99. The van der Waals surface area contributed by atoms with Crippen LogP contribution >= 0.6 is 0 Å². The fraction of sp³-hybridized carbons (Fsp3) is 0.375. The minimum atomic E-state index is -0.389. The van der Waals surface area contributed by atoms with E-state index in [4.69, 9.17) is 4.52 Å². The fourth-order valence-electron chi connectivity index (χ4n) is 4.08. The molecule has 3 aromatic rings. The van der Waals surface area contributed by atoms with E-state index >= 15 is 0 Å². The van der Waals surface area contributed by atoms with Crippen LogP contribution in [0.15, 0.2) is 65.2 Å². The Labute approximate surface area is 188 Å². The maximum atomic E-state index is 11.3. The van der Waals surface area contributed by atoms with Gasteiger partial charge in [0.15, 0.2) is 5.76 Å². The molecule has 1 saturated heterocycles. The van der Waals surface area contributed by atoms with E-state index in [1.165, 1.54) is 11.8 Å². The first-order valence-electron chi connectivity index (χ1n) is 11.1. The zero-order valence-corrected chi connectivity index (χ0v) is 18.4. The Morgan fingerprint density at radius 1 is 1.06 bits per heavy atom. The molecule has 8 heteroatoms. The molecule has 2 heterocycles. The number of hydrogen-bond donors (Lipinski definition) is 0. The molecule has 2 aromatic carbocycles. The second kappa shape index (κ2) is 10.4. The molecule has 0 atom stereocenters. The lowest BCUT2D eigenvalue weighted by molar-refractivity contribution is -0.384. The zero-order chi connectivity index (χ0) is 22.3. The SMILES string of the molecule is CCN(CCN1CCN(c2ccccc2)CC1)Cc1cc(-c2ccccc2[N+](=O)[O-])no1. The minimum absolute atomic E-state index is 0.0364. The van der Waals surface area contributed by atoms with E-state index in [9.17, 15) is 10.1 Å². The third-order valence-electron chi connectivity index (χ3n) is 5.99. The van der Waals surface area contributed by atoms with E-state index in [1.54, 1.807) is 18.2 Å². The van der Waals surface area contributed by atoms with Crippen LogP contribution in [0.1, 0.15) is 12.7 Å². The molecular formula is C24H29N5O3. The number of hydrogen-bond acceptors (Lipinski definition) is 7. The van der Waals surface area contributed by atoms with Crippen LogP contribution in [0.3, 0.4) is 0 Å². The van der Waals surface area contributed by atoms with Crippen molar-refractivity contribution >= 4 is 11.4 Å². The Kier molecular flexibility index (Phi) is 7.14. The number of aromatic nitrogens is 1. The highest BCUT2D eigenvalue weighted by molar-refractivity contribution is 5.70. The highest BCUT2D eigenvalue weighted by Crippen LogP contribution is 2.29. The molecule has 168 valence electrons. The van der Waals surface area contributed by atoms with Crippen LogP contribution in [0.5, 0.6) is 0 Å². The van der Waals surface area contributed by atoms with Crippen molar-refractivity contribution in [1.29, 1.82) is 0 Å². The topological polar surface area (TPSA) is 78.9 Å². The van der Waals surface area contributed by atoms with Crippen molar-refractivity contribution in [3.05, 3.63) is 76.5 Å². The first kappa shape index (κ1) is 22.0. The molecule has 1 fully saturated rings. The van der Waals surface area contributed by atoms with Crippen LogP contribution in [-0.2, 0) is 6.54 Å². The zero-order valence-electron chi connectivity index (χ0n) is 18.4. The van der Waals surface area contributed by atoms with Gasteiger partial charge in [-0.1, -0.05) is 42.4 Å². The maximum Gasteiger partial charge on any atom is 0.278 e. The van der Waals surface area contributed by atoms with E-state index in [1.807, 2.05) is 6.07 Å². The van der Waals surface area contributed by atoms with Gasteiger partial charge in [0, 0.05) is 57.1 Å². The lowest BCUT2D eigenvalue weighted by Crippen LogP contribution is -2.48. The van der Waals surface area contributed by atoms with E-state index < -0.39 is 0 Å². The van der Waals surface area contributed by atoms with E-state index in [-0.39, 0.29) is 10.6 Å². The average Bonchev–Trinajstić information content (AvgIpc) is 3.31. The summed E-state index contributed by atoms with van der Waals surface area (Å²) in [4.78, 5) is 18.2. The lowest BCUT2D eigenvalue weighted by Gasteiger charge is -2.36. The van der Waals surface area contributed by atoms with E-state index in [2.05, 4.69) is 57.1 Å². The average molecular weight is 436 g/mol. The van der Waals surface area contributed by atoms with Crippen LogP contribution in [0.4, 0.5) is 11.4 Å². The van der Waals surface area contributed by atoms with Gasteiger partial charge in [0.25, 0.3) is 5.69 Å². The van der Waals surface area contributed by atoms with Crippen molar-refractivity contribution < 1.29 is 9.45 Å². The molecule has 8 nitrogen and oxygen atoms in total. The Morgan fingerprint density at radius 3 is 2.50 bits per heavy atom. The van der Waals surface area contributed by atoms with E-state index in [0.29, 0.717) is 23.6 Å². The van der Waals surface area contributed by atoms with Crippen LogP contribution < -0.4 is 4.90 Å². The van der Waals surface area contributed by atoms with Gasteiger partial charge in [-0.05, 0) is 24.7 Å². The Morgan fingerprint density at radius 2 is 1.78 bits per heavy atom. The van der Waals surface area contributed by atoms with Gasteiger partial charge >= 0.3 is 0 Å². The monoisotopic (exact) mass is 435 g/mol. The summed E-state index contributed by atoms with van der Waals surface area (Å²) < 4.78 is 5.51. The summed E-state index contributed by atoms with van der Waals surface area (Å²) in [6.45, 7) is 9.78. The van der Waals surface area contributed by atoms with Gasteiger partial charge in [0.05, 0.1) is 17.0 Å². The van der Waals surface area contributed by atoms with Gasteiger partial charge in [-0.25, -0.2) is 0 Å². The van der Waals surface area contributed by atoms with E-state index in [0.717, 1.165) is 45.8 Å². The van der Waals surface area contributed by atoms with Gasteiger partial charge < -0.3 is 9.42 Å². The van der Waals surface area contributed by atoms with Gasteiger partial charge in [0.1, 0.15) is 5.69 Å². The largest absolute Gasteiger partial charge is 0.369 e. The van der Waals surface area contributed by atoms with Crippen molar-refractivity contribution in [3.8, 4) is 11.3 Å². The Hall–Kier alpha value is -3.23. The van der Waals surface area contributed by atoms with Crippen molar-refractivity contribution in [2.75, 3.05) is 50.7 Å². The number of nitro groups is 1. The summed E-state index contributed by atoms with van der Waals surface area (Å²) in [7, 11) is 0. The molecule has 0 N–H and O–H groups in total. The molecule has 0 radical (unpaired) electrons. The number of likely N-dealkylation sites (N-methyl/N-ethyl adjacent to an activating group) is 1. The highest BCUT2D eigenvalue weighted by Gasteiger charge is 2.20. The first-order chi connectivity index (χ1) is 15.6. The third kappa shape index (κ3) is 5.33. The standard InChI is InChI=1S/C24H29N5O3/c1-2-26(12-13-27-14-16-28(17-15-27)20-8-4-3-5-9-20)19-21-18-23(25-32-21)22-10-6-7-11-24(22)29(30)31/h3-11,18H,2,12-17,19H2,1H3.